The maximum atomic E-state index is 12.3. The molecule has 0 N–H and O–H groups in total. The predicted octanol–water partition coefficient (Wildman–Crippen LogP) is 5.24. The Morgan fingerprint density at radius 1 is 1.00 bits per heavy atom. The Balaban J connectivity index is 1.84. The molecule has 0 fully saturated rings. The molecular weight excluding hydrogens is 322 g/mol. The van der Waals surface area contributed by atoms with Crippen molar-refractivity contribution >= 4 is 11.9 Å². The Morgan fingerprint density at radius 2 is 1.69 bits per heavy atom. The van der Waals surface area contributed by atoms with E-state index in [1.54, 1.807) is 25.3 Å². The third kappa shape index (κ3) is 6.47. The van der Waals surface area contributed by atoms with Gasteiger partial charge < -0.3 is 4.74 Å². The van der Waals surface area contributed by atoms with Crippen LogP contribution in [0.15, 0.2) is 54.9 Å². The van der Waals surface area contributed by atoms with Crippen LogP contribution in [-0.4, -0.2) is 12.9 Å². The van der Waals surface area contributed by atoms with Crippen LogP contribution in [0, 0.1) is 0 Å². The number of pyridine rings is 1. The number of carbonyl (C=O) groups is 1. The lowest BCUT2D eigenvalue weighted by molar-refractivity contribution is -0.697. The molecule has 0 saturated carbocycles. The first-order valence-corrected chi connectivity index (χ1v) is 9.59. The standard InChI is InChI=1S/C23H30NO2/c1-3-4-5-6-7-10-17-24-18-15-20(16-19-24)13-14-22(25)21-11-8-9-12-23(21)26-2/h8-9,11-16,18-19H,3-7,10,17H2,1-2H3/q+1/b14-13+. The van der Waals surface area contributed by atoms with Gasteiger partial charge in [-0.1, -0.05) is 50.8 Å². The first kappa shape index (κ1) is 19.9. The Bertz CT molecular complexity index is 704. The van der Waals surface area contributed by atoms with Crippen LogP contribution in [0.1, 0.15) is 61.4 Å². The topological polar surface area (TPSA) is 30.2 Å². The zero-order valence-corrected chi connectivity index (χ0v) is 16.0. The second-order valence-corrected chi connectivity index (χ2v) is 6.53. The van der Waals surface area contributed by atoms with Crippen LogP contribution in [0.5, 0.6) is 5.75 Å². The van der Waals surface area contributed by atoms with E-state index in [2.05, 4.69) is 23.9 Å². The summed E-state index contributed by atoms with van der Waals surface area (Å²) in [5, 5.41) is 0. The zero-order valence-electron chi connectivity index (χ0n) is 16.0. The number of carbonyl (C=O) groups excluding carboxylic acids is 1. The van der Waals surface area contributed by atoms with E-state index in [-0.39, 0.29) is 5.78 Å². The highest BCUT2D eigenvalue weighted by atomic mass is 16.5. The summed E-state index contributed by atoms with van der Waals surface area (Å²) in [4.78, 5) is 12.3. The highest BCUT2D eigenvalue weighted by molar-refractivity contribution is 6.08. The van der Waals surface area contributed by atoms with E-state index in [4.69, 9.17) is 4.74 Å². The van der Waals surface area contributed by atoms with Crippen molar-refractivity contribution in [3.63, 3.8) is 0 Å². The lowest BCUT2D eigenvalue weighted by Crippen LogP contribution is -2.32. The van der Waals surface area contributed by atoms with Crippen molar-refractivity contribution < 1.29 is 14.1 Å². The van der Waals surface area contributed by atoms with Gasteiger partial charge in [-0.15, -0.1) is 0 Å². The molecule has 0 saturated heterocycles. The molecule has 0 aliphatic heterocycles. The van der Waals surface area contributed by atoms with Crippen LogP contribution in [0.2, 0.25) is 0 Å². The van der Waals surface area contributed by atoms with Crippen molar-refractivity contribution in [1.29, 1.82) is 0 Å². The number of methoxy groups -OCH3 is 1. The molecule has 138 valence electrons. The van der Waals surface area contributed by atoms with E-state index >= 15 is 0 Å². The Labute approximate surface area is 157 Å². The van der Waals surface area contributed by atoms with Crippen LogP contribution in [0.25, 0.3) is 6.08 Å². The second kappa shape index (κ2) is 11.2. The number of unbranched alkanes of at least 4 members (excludes halogenated alkanes) is 5. The maximum Gasteiger partial charge on any atom is 0.189 e. The summed E-state index contributed by atoms with van der Waals surface area (Å²) in [6.07, 6.45) is 15.5. The molecular formula is C23H30NO2+. The molecule has 0 unspecified atom stereocenters. The van der Waals surface area contributed by atoms with Crippen LogP contribution in [0.3, 0.4) is 0 Å². The van der Waals surface area contributed by atoms with Crippen LogP contribution < -0.4 is 9.30 Å². The van der Waals surface area contributed by atoms with Gasteiger partial charge in [0.05, 0.1) is 12.7 Å². The van der Waals surface area contributed by atoms with E-state index in [1.807, 2.05) is 30.3 Å². The highest BCUT2D eigenvalue weighted by Gasteiger charge is 2.08. The van der Waals surface area contributed by atoms with Crippen molar-refractivity contribution in [3.05, 3.63) is 66.0 Å². The Morgan fingerprint density at radius 3 is 2.42 bits per heavy atom. The molecule has 3 heteroatoms. The summed E-state index contributed by atoms with van der Waals surface area (Å²) in [5.41, 5.74) is 1.60. The summed E-state index contributed by atoms with van der Waals surface area (Å²) >= 11 is 0. The molecule has 0 bridgehead atoms. The summed E-state index contributed by atoms with van der Waals surface area (Å²) in [6, 6.07) is 11.4. The van der Waals surface area contributed by atoms with Gasteiger partial charge in [0.25, 0.3) is 0 Å². The minimum atomic E-state index is -0.0498. The van der Waals surface area contributed by atoms with Gasteiger partial charge in [0, 0.05) is 18.6 Å². The fourth-order valence-electron chi connectivity index (χ4n) is 2.91. The van der Waals surface area contributed by atoms with E-state index in [0.29, 0.717) is 11.3 Å². The number of aromatic nitrogens is 1. The molecule has 3 nitrogen and oxygen atoms in total. The number of nitrogens with zero attached hydrogens (tertiary/aromatic N) is 1. The monoisotopic (exact) mass is 352 g/mol. The van der Waals surface area contributed by atoms with Crippen LogP contribution >= 0.6 is 0 Å². The first-order valence-electron chi connectivity index (χ1n) is 9.59. The molecule has 0 atom stereocenters. The number of aryl methyl sites for hydroxylation is 1. The fraction of sp³-hybridized carbons (Fsp3) is 0.391. The molecule has 1 heterocycles. The zero-order chi connectivity index (χ0) is 18.6. The highest BCUT2D eigenvalue weighted by Crippen LogP contribution is 2.18. The van der Waals surface area contributed by atoms with E-state index in [1.165, 1.54) is 38.5 Å². The molecule has 0 aliphatic rings. The molecule has 0 aliphatic carbocycles. The van der Waals surface area contributed by atoms with Gasteiger partial charge in [-0.2, -0.15) is 0 Å². The first-order chi connectivity index (χ1) is 12.7. The number of rotatable bonds is 11. The number of benzene rings is 1. The van der Waals surface area contributed by atoms with Crippen molar-refractivity contribution in [2.24, 2.45) is 0 Å². The average molecular weight is 352 g/mol. The molecule has 0 spiro atoms. The Hall–Kier alpha value is -2.42. The van der Waals surface area contributed by atoms with Gasteiger partial charge in [-0.25, -0.2) is 4.57 Å². The van der Waals surface area contributed by atoms with Gasteiger partial charge in [-0.3, -0.25) is 4.79 Å². The Kier molecular flexibility index (Phi) is 8.61. The molecule has 2 aromatic rings. The second-order valence-electron chi connectivity index (χ2n) is 6.53. The number of ether oxygens (including phenoxy) is 1. The average Bonchev–Trinajstić information content (AvgIpc) is 2.69. The van der Waals surface area contributed by atoms with Crippen molar-refractivity contribution in [2.45, 2.75) is 52.0 Å². The summed E-state index contributed by atoms with van der Waals surface area (Å²) in [7, 11) is 1.58. The third-order valence-corrected chi connectivity index (χ3v) is 4.49. The summed E-state index contributed by atoms with van der Waals surface area (Å²) in [5.74, 6) is 0.554. The molecule has 2 rings (SSSR count). The predicted molar refractivity (Wildman–Crippen MR) is 106 cm³/mol. The summed E-state index contributed by atoms with van der Waals surface area (Å²) < 4.78 is 7.45. The van der Waals surface area contributed by atoms with Gasteiger partial charge in [0.2, 0.25) is 0 Å². The minimum Gasteiger partial charge on any atom is -0.496 e. The molecule has 1 aromatic carbocycles. The van der Waals surface area contributed by atoms with Crippen LogP contribution in [0.4, 0.5) is 0 Å². The minimum absolute atomic E-state index is 0.0498. The van der Waals surface area contributed by atoms with Gasteiger partial charge in [0.1, 0.15) is 12.3 Å². The van der Waals surface area contributed by atoms with Crippen molar-refractivity contribution in [2.75, 3.05) is 7.11 Å². The SMILES string of the molecule is CCCCCCCC[n+]1ccc(/C=C/C(=O)c2ccccc2OC)cc1. The number of para-hydroxylation sites is 1. The smallest absolute Gasteiger partial charge is 0.189 e. The normalized spacial score (nSPS) is 11.0. The number of ketones is 1. The lowest BCUT2D eigenvalue weighted by Gasteiger charge is -2.04. The molecule has 26 heavy (non-hydrogen) atoms. The molecule has 0 radical (unpaired) electrons. The van der Waals surface area contributed by atoms with E-state index < -0.39 is 0 Å². The van der Waals surface area contributed by atoms with Gasteiger partial charge in [-0.05, 0) is 30.2 Å². The lowest BCUT2D eigenvalue weighted by atomic mass is 10.1. The van der Waals surface area contributed by atoms with E-state index in [0.717, 1.165) is 12.1 Å². The van der Waals surface area contributed by atoms with Crippen LogP contribution in [-0.2, 0) is 6.54 Å². The number of allylic oxidation sites excluding steroid dienone is 1. The summed E-state index contributed by atoms with van der Waals surface area (Å²) in [6.45, 7) is 3.30. The molecule has 1 aromatic heterocycles. The van der Waals surface area contributed by atoms with Gasteiger partial charge >= 0.3 is 0 Å². The molecule has 0 amide bonds. The quantitative estimate of drug-likeness (QED) is 0.240. The van der Waals surface area contributed by atoms with E-state index in [9.17, 15) is 4.79 Å². The van der Waals surface area contributed by atoms with Crippen molar-refractivity contribution in [1.82, 2.24) is 0 Å². The maximum absolute atomic E-state index is 12.3. The third-order valence-electron chi connectivity index (χ3n) is 4.49. The van der Waals surface area contributed by atoms with Gasteiger partial charge in [0.15, 0.2) is 18.2 Å². The number of hydrogen-bond donors (Lipinski definition) is 0. The fourth-order valence-corrected chi connectivity index (χ4v) is 2.91. The largest absolute Gasteiger partial charge is 0.496 e. The van der Waals surface area contributed by atoms with Crippen molar-refractivity contribution in [3.8, 4) is 5.75 Å². The number of hydrogen-bond acceptors (Lipinski definition) is 2.